The van der Waals surface area contributed by atoms with Gasteiger partial charge in [-0.15, -0.1) is 0 Å². The molecule has 2 saturated heterocycles. The van der Waals surface area contributed by atoms with Crippen LogP contribution in [0, 0.1) is 5.82 Å². The summed E-state index contributed by atoms with van der Waals surface area (Å²) in [5.74, 6) is 0.620. The van der Waals surface area contributed by atoms with Crippen molar-refractivity contribution in [2.45, 2.75) is 12.5 Å². The Morgan fingerprint density at radius 1 is 1.22 bits per heavy atom. The molecule has 0 aromatic carbocycles. The third kappa shape index (κ3) is 2.47. The van der Waals surface area contributed by atoms with Crippen LogP contribution in [0.1, 0.15) is 6.42 Å². The molecule has 2 fully saturated rings. The van der Waals surface area contributed by atoms with E-state index >= 15 is 0 Å². The zero-order valence-corrected chi connectivity index (χ0v) is 10.5. The highest BCUT2D eigenvalue weighted by atomic mass is 19.1. The van der Waals surface area contributed by atoms with E-state index in [0.29, 0.717) is 6.04 Å². The fraction of sp³-hybridized carbons (Fsp3) is 0.615. The number of rotatable bonds is 2. The maximum Gasteiger partial charge on any atom is 0.141 e. The number of pyridine rings is 1. The van der Waals surface area contributed by atoms with Crippen molar-refractivity contribution in [3.63, 3.8) is 0 Å². The molecule has 1 atom stereocenters. The molecule has 0 radical (unpaired) electrons. The quantitative estimate of drug-likeness (QED) is 0.837. The van der Waals surface area contributed by atoms with Gasteiger partial charge in [0.05, 0.1) is 6.20 Å². The van der Waals surface area contributed by atoms with Gasteiger partial charge in [-0.25, -0.2) is 9.37 Å². The van der Waals surface area contributed by atoms with Crippen LogP contribution >= 0.6 is 0 Å². The zero-order valence-electron chi connectivity index (χ0n) is 10.5. The second-order valence-electron chi connectivity index (χ2n) is 5.00. The van der Waals surface area contributed by atoms with Gasteiger partial charge in [0.1, 0.15) is 11.6 Å². The Bertz CT molecular complexity index is 380. The second kappa shape index (κ2) is 5.20. The largest absolute Gasteiger partial charge is 0.354 e. The van der Waals surface area contributed by atoms with Crippen LogP contribution < -0.4 is 10.2 Å². The molecule has 1 unspecified atom stereocenters. The second-order valence-corrected chi connectivity index (χ2v) is 5.00. The molecule has 0 bridgehead atoms. The smallest absolute Gasteiger partial charge is 0.141 e. The molecule has 5 heteroatoms. The van der Waals surface area contributed by atoms with Crippen LogP contribution in [-0.4, -0.2) is 55.2 Å². The minimum atomic E-state index is -0.269. The maximum atomic E-state index is 12.8. The van der Waals surface area contributed by atoms with Gasteiger partial charge in [0, 0.05) is 38.8 Å². The summed E-state index contributed by atoms with van der Waals surface area (Å²) >= 11 is 0. The number of nitrogens with zero attached hydrogens (tertiary/aromatic N) is 3. The summed E-state index contributed by atoms with van der Waals surface area (Å²) in [7, 11) is 0. The summed E-state index contributed by atoms with van der Waals surface area (Å²) in [5, 5.41) is 3.41. The highest BCUT2D eigenvalue weighted by Gasteiger charge is 2.26. The van der Waals surface area contributed by atoms with Gasteiger partial charge in [-0.1, -0.05) is 0 Å². The standard InChI is InChI=1S/C13H19FN4/c14-11-1-2-13(16-9-11)18-7-5-17(6-8-18)12-3-4-15-10-12/h1-2,9,12,15H,3-8,10H2. The third-order valence-corrected chi connectivity index (χ3v) is 3.90. The highest BCUT2D eigenvalue weighted by molar-refractivity contribution is 5.38. The van der Waals surface area contributed by atoms with Gasteiger partial charge in [-0.3, -0.25) is 4.90 Å². The van der Waals surface area contributed by atoms with E-state index in [9.17, 15) is 4.39 Å². The zero-order chi connectivity index (χ0) is 12.4. The molecule has 0 spiro atoms. The number of anilines is 1. The number of hydrogen-bond donors (Lipinski definition) is 1. The van der Waals surface area contributed by atoms with E-state index in [1.165, 1.54) is 18.7 Å². The van der Waals surface area contributed by atoms with Crippen LogP contribution in [0.4, 0.5) is 10.2 Å². The van der Waals surface area contributed by atoms with E-state index in [1.54, 1.807) is 6.07 Å². The van der Waals surface area contributed by atoms with Crippen LogP contribution in [0.25, 0.3) is 0 Å². The number of hydrogen-bond acceptors (Lipinski definition) is 4. The van der Waals surface area contributed by atoms with Crippen LogP contribution in [0.15, 0.2) is 18.3 Å². The number of nitrogens with one attached hydrogen (secondary N) is 1. The lowest BCUT2D eigenvalue weighted by Gasteiger charge is -2.38. The van der Waals surface area contributed by atoms with Crippen molar-refractivity contribution < 1.29 is 4.39 Å². The van der Waals surface area contributed by atoms with Crippen molar-refractivity contribution in [1.82, 2.24) is 15.2 Å². The minimum absolute atomic E-state index is 0.269. The van der Waals surface area contributed by atoms with Gasteiger partial charge < -0.3 is 10.2 Å². The van der Waals surface area contributed by atoms with Crippen molar-refractivity contribution in [3.05, 3.63) is 24.1 Å². The summed E-state index contributed by atoms with van der Waals surface area (Å²) in [4.78, 5) is 8.93. The molecule has 2 aliphatic heterocycles. The van der Waals surface area contributed by atoms with Crippen LogP contribution in [-0.2, 0) is 0 Å². The Morgan fingerprint density at radius 3 is 2.67 bits per heavy atom. The number of aromatic nitrogens is 1. The predicted molar refractivity (Wildman–Crippen MR) is 69.3 cm³/mol. The Hall–Kier alpha value is -1.20. The van der Waals surface area contributed by atoms with Gasteiger partial charge >= 0.3 is 0 Å². The van der Waals surface area contributed by atoms with Crippen molar-refractivity contribution >= 4 is 5.82 Å². The van der Waals surface area contributed by atoms with Gasteiger partial charge in [-0.05, 0) is 25.1 Å². The van der Waals surface area contributed by atoms with Crippen molar-refractivity contribution in [2.24, 2.45) is 0 Å². The van der Waals surface area contributed by atoms with E-state index in [1.807, 2.05) is 0 Å². The van der Waals surface area contributed by atoms with Crippen LogP contribution in [0.3, 0.4) is 0 Å². The normalized spacial score (nSPS) is 25.6. The Kier molecular flexibility index (Phi) is 3.43. The lowest BCUT2D eigenvalue weighted by Crippen LogP contribution is -2.51. The monoisotopic (exact) mass is 250 g/mol. The molecule has 18 heavy (non-hydrogen) atoms. The molecule has 1 aromatic rings. The van der Waals surface area contributed by atoms with Crippen molar-refractivity contribution in [2.75, 3.05) is 44.2 Å². The molecular formula is C13H19FN4. The molecule has 2 aliphatic rings. The van der Waals surface area contributed by atoms with E-state index in [0.717, 1.165) is 45.1 Å². The van der Waals surface area contributed by atoms with Crippen molar-refractivity contribution in [3.8, 4) is 0 Å². The average molecular weight is 250 g/mol. The summed E-state index contributed by atoms with van der Waals surface area (Å²) in [6.45, 7) is 6.38. The molecule has 3 heterocycles. The van der Waals surface area contributed by atoms with Crippen LogP contribution in [0.2, 0.25) is 0 Å². The van der Waals surface area contributed by atoms with E-state index < -0.39 is 0 Å². The predicted octanol–water partition coefficient (Wildman–Crippen LogP) is 0.705. The summed E-state index contributed by atoms with van der Waals surface area (Å²) in [6.07, 6.45) is 2.55. The third-order valence-electron chi connectivity index (χ3n) is 3.90. The lowest BCUT2D eigenvalue weighted by atomic mass is 10.2. The summed E-state index contributed by atoms with van der Waals surface area (Å²) in [5.41, 5.74) is 0. The molecule has 0 amide bonds. The molecule has 0 aliphatic carbocycles. The van der Waals surface area contributed by atoms with E-state index in [2.05, 4.69) is 20.1 Å². The number of halogens is 1. The van der Waals surface area contributed by atoms with E-state index in [4.69, 9.17) is 0 Å². The van der Waals surface area contributed by atoms with Crippen LogP contribution in [0.5, 0.6) is 0 Å². The molecule has 4 nitrogen and oxygen atoms in total. The first-order valence-electron chi connectivity index (χ1n) is 6.64. The average Bonchev–Trinajstić information content (AvgIpc) is 2.94. The van der Waals surface area contributed by atoms with Gasteiger partial charge in [0.15, 0.2) is 0 Å². The van der Waals surface area contributed by atoms with E-state index in [-0.39, 0.29) is 5.82 Å². The highest BCUT2D eigenvalue weighted by Crippen LogP contribution is 2.16. The molecule has 1 aromatic heterocycles. The number of piperazine rings is 1. The molecule has 0 saturated carbocycles. The molecule has 1 N–H and O–H groups in total. The lowest BCUT2D eigenvalue weighted by molar-refractivity contribution is 0.196. The Labute approximate surface area is 107 Å². The first-order valence-corrected chi connectivity index (χ1v) is 6.64. The molecular weight excluding hydrogens is 231 g/mol. The van der Waals surface area contributed by atoms with Crippen molar-refractivity contribution in [1.29, 1.82) is 0 Å². The fourth-order valence-corrected chi connectivity index (χ4v) is 2.82. The maximum absolute atomic E-state index is 12.8. The molecule has 3 rings (SSSR count). The Morgan fingerprint density at radius 2 is 2.06 bits per heavy atom. The van der Waals surface area contributed by atoms with Gasteiger partial charge in [0.25, 0.3) is 0 Å². The fourth-order valence-electron chi connectivity index (χ4n) is 2.82. The SMILES string of the molecule is Fc1ccc(N2CCN(C3CCNC3)CC2)nc1. The Balaban J connectivity index is 1.57. The minimum Gasteiger partial charge on any atom is -0.354 e. The first kappa shape index (κ1) is 11.9. The van der Waals surface area contributed by atoms with Gasteiger partial charge in [0.2, 0.25) is 0 Å². The van der Waals surface area contributed by atoms with Gasteiger partial charge in [-0.2, -0.15) is 0 Å². The summed E-state index contributed by atoms with van der Waals surface area (Å²) < 4.78 is 12.8. The molecule has 98 valence electrons. The topological polar surface area (TPSA) is 31.4 Å². The first-order chi connectivity index (χ1) is 8.83. The summed E-state index contributed by atoms with van der Waals surface area (Å²) in [6, 6.07) is 3.95.